The Morgan fingerprint density at radius 2 is 1.68 bits per heavy atom. The molecule has 7 heteroatoms. The first-order valence-electron chi connectivity index (χ1n) is 11.5. The zero-order valence-corrected chi connectivity index (χ0v) is 21.6. The SMILES string of the molecule is CCOC(=O)C1CCN(C(=NC)NCc2ccc(CN3CCC(C)CC3)cc2)CC1.I. The molecule has 0 atom stereocenters. The number of hydrogen-bond acceptors (Lipinski definition) is 4. The molecular formula is C24H39IN4O2. The van der Waals surface area contributed by atoms with Crippen molar-refractivity contribution < 1.29 is 9.53 Å². The van der Waals surface area contributed by atoms with E-state index in [-0.39, 0.29) is 35.9 Å². The third kappa shape index (κ3) is 7.93. The highest BCUT2D eigenvalue weighted by atomic mass is 127. The molecule has 31 heavy (non-hydrogen) atoms. The first kappa shape index (κ1) is 25.9. The molecule has 0 aromatic heterocycles. The van der Waals surface area contributed by atoms with E-state index in [1.165, 1.54) is 37.1 Å². The van der Waals surface area contributed by atoms with Crippen LogP contribution in [0.4, 0.5) is 0 Å². The first-order chi connectivity index (χ1) is 14.6. The summed E-state index contributed by atoms with van der Waals surface area (Å²) < 4.78 is 5.16. The van der Waals surface area contributed by atoms with E-state index in [4.69, 9.17) is 4.74 Å². The second-order valence-corrected chi connectivity index (χ2v) is 8.69. The lowest BCUT2D eigenvalue weighted by molar-refractivity contribution is -0.149. The summed E-state index contributed by atoms with van der Waals surface area (Å²) in [5.74, 6) is 1.75. The molecule has 0 unspecified atom stereocenters. The summed E-state index contributed by atoms with van der Waals surface area (Å²) >= 11 is 0. The van der Waals surface area contributed by atoms with Gasteiger partial charge in [0.25, 0.3) is 0 Å². The van der Waals surface area contributed by atoms with Crippen LogP contribution in [0.1, 0.15) is 50.7 Å². The molecule has 6 nitrogen and oxygen atoms in total. The Balaban J connectivity index is 0.00000341. The van der Waals surface area contributed by atoms with Crippen LogP contribution in [0.25, 0.3) is 0 Å². The van der Waals surface area contributed by atoms with Gasteiger partial charge < -0.3 is 15.0 Å². The van der Waals surface area contributed by atoms with Gasteiger partial charge in [-0.1, -0.05) is 31.2 Å². The molecule has 1 aromatic carbocycles. The molecule has 0 saturated carbocycles. The Morgan fingerprint density at radius 3 is 2.26 bits per heavy atom. The molecule has 2 aliphatic rings. The maximum absolute atomic E-state index is 11.9. The fourth-order valence-electron chi connectivity index (χ4n) is 4.34. The van der Waals surface area contributed by atoms with Crippen LogP contribution in [-0.2, 0) is 22.6 Å². The number of piperidine rings is 2. The minimum absolute atomic E-state index is 0. The number of hydrogen-bond donors (Lipinski definition) is 1. The first-order valence-corrected chi connectivity index (χ1v) is 11.5. The highest BCUT2D eigenvalue weighted by Crippen LogP contribution is 2.20. The molecular weight excluding hydrogens is 503 g/mol. The number of carbonyl (C=O) groups is 1. The Kier molecular flexibility index (Phi) is 11.1. The highest BCUT2D eigenvalue weighted by Gasteiger charge is 2.27. The molecule has 2 fully saturated rings. The van der Waals surface area contributed by atoms with Crippen LogP contribution in [0, 0.1) is 11.8 Å². The van der Waals surface area contributed by atoms with Gasteiger partial charge in [-0.05, 0) is 62.7 Å². The second-order valence-electron chi connectivity index (χ2n) is 8.69. The number of halogens is 1. The van der Waals surface area contributed by atoms with Crippen molar-refractivity contribution >= 4 is 35.9 Å². The second kappa shape index (κ2) is 13.3. The molecule has 0 spiro atoms. The van der Waals surface area contributed by atoms with Gasteiger partial charge in [0.15, 0.2) is 5.96 Å². The average molecular weight is 543 g/mol. The topological polar surface area (TPSA) is 57.2 Å². The molecule has 2 aliphatic heterocycles. The zero-order chi connectivity index (χ0) is 21.3. The number of benzene rings is 1. The summed E-state index contributed by atoms with van der Waals surface area (Å²) in [6.45, 7) is 10.6. The molecule has 0 bridgehead atoms. The van der Waals surface area contributed by atoms with E-state index in [1.807, 2.05) is 14.0 Å². The van der Waals surface area contributed by atoms with Crippen LogP contribution >= 0.6 is 24.0 Å². The van der Waals surface area contributed by atoms with Gasteiger partial charge in [0.2, 0.25) is 0 Å². The number of esters is 1. The predicted octanol–water partition coefficient (Wildman–Crippen LogP) is 3.89. The summed E-state index contributed by atoms with van der Waals surface area (Å²) in [4.78, 5) is 21.2. The number of rotatable bonds is 6. The average Bonchev–Trinajstić information content (AvgIpc) is 2.77. The molecule has 3 rings (SSSR count). The minimum Gasteiger partial charge on any atom is -0.466 e. The number of ether oxygens (including phenoxy) is 1. The molecule has 174 valence electrons. The zero-order valence-electron chi connectivity index (χ0n) is 19.3. The van der Waals surface area contributed by atoms with Crippen molar-refractivity contribution in [3.63, 3.8) is 0 Å². The number of guanidine groups is 1. The summed E-state index contributed by atoms with van der Waals surface area (Å²) in [6, 6.07) is 8.94. The quantitative estimate of drug-likeness (QED) is 0.256. The molecule has 0 amide bonds. The lowest BCUT2D eigenvalue weighted by atomic mass is 9.97. The maximum Gasteiger partial charge on any atom is 0.309 e. The van der Waals surface area contributed by atoms with Crippen LogP contribution in [0.15, 0.2) is 29.3 Å². The third-order valence-electron chi connectivity index (χ3n) is 6.38. The van der Waals surface area contributed by atoms with Gasteiger partial charge in [0.05, 0.1) is 12.5 Å². The number of aliphatic imine (C=N–C) groups is 1. The van der Waals surface area contributed by atoms with Crippen molar-refractivity contribution in [2.24, 2.45) is 16.8 Å². The molecule has 2 saturated heterocycles. The third-order valence-corrected chi connectivity index (χ3v) is 6.38. The fraction of sp³-hybridized carbons (Fsp3) is 0.667. The fourth-order valence-corrected chi connectivity index (χ4v) is 4.34. The lowest BCUT2D eigenvalue weighted by Gasteiger charge is -2.33. The van der Waals surface area contributed by atoms with Crippen LogP contribution in [0.2, 0.25) is 0 Å². The van der Waals surface area contributed by atoms with E-state index in [0.29, 0.717) is 6.61 Å². The molecule has 1 aromatic rings. The standard InChI is InChI=1S/C24H38N4O2.HI/c1-4-30-23(29)22-11-15-28(16-12-22)24(25-3)26-17-20-5-7-21(8-6-20)18-27-13-9-19(2)10-14-27;/h5-8,19,22H,4,9-18H2,1-3H3,(H,25,26);1H. The summed E-state index contributed by atoms with van der Waals surface area (Å²) in [5, 5.41) is 3.48. The van der Waals surface area contributed by atoms with Gasteiger partial charge in [-0.15, -0.1) is 24.0 Å². The molecule has 1 N–H and O–H groups in total. The Labute approximate surface area is 204 Å². The minimum atomic E-state index is -0.0562. The van der Waals surface area contributed by atoms with E-state index in [2.05, 4.69) is 51.3 Å². The van der Waals surface area contributed by atoms with E-state index in [0.717, 1.165) is 50.9 Å². The Bertz CT molecular complexity index is 694. The Morgan fingerprint density at radius 1 is 1.06 bits per heavy atom. The van der Waals surface area contributed by atoms with E-state index in [9.17, 15) is 4.79 Å². The molecule has 0 radical (unpaired) electrons. The van der Waals surface area contributed by atoms with Crippen LogP contribution in [-0.4, -0.2) is 61.6 Å². The number of nitrogens with one attached hydrogen (secondary N) is 1. The summed E-state index contributed by atoms with van der Waals surface area (Å²) in [6.07, 6.45) is 4.28. The normalized spacial score (nSPS) is 19.1. The smallest absolute Gasteiger partial charge is 0.309 e. The van der Waals surface area contributed by atoms with Gasteiger partial charge in [-0.2, -0.15) is 0 Å². The summed E-state index contributed by atoms with van der Waals surface area (Å²) in [5.41, 5.74) is 2.65. The Hall–Kier alpha value is -1.35. The monoisotopic (exact) mass is 542 g/mol. The van der Waals surface area contributed by atoms with Gasteiger partial charge >= 0.3 is 5.97 Å². The summed E-state index contributed by atoms with van der Waals surface area (Å²) in [7, 11) is 1.82. The van der Waals surface area contributed by atoms with E-state index in [1.54, 1.807) is 0 Å². The van der Waals surface area contributed by atoms with Crippen molar-refractivity contribution in [3.8, 4) is 0 Å². The van der Waals surface area contributed by atoms with Crippen molar-refractivity contribution in [3.05, 3.63) is 35.4 Å². The van der Waals surface area contributed by atoms with E-state index >= 15 is 0 Å². The van der Waals surface area contributed by atoms with Crippen molar-refractivity contribution in [1.29, 1.82) is 0 Å². The van der Waals surface area contributed by atoms with Crippen LogP contribution in [0.3, 0.4) is 0 Å². The lowest BCUT2D eigenvalue weighted by Crippen LogP contribution is -2.46. The highest BCUT2D eigenvalue weighted by molar-refractivity contribution is 14.0. The molecule has 2 heterocycles. The van der Waals surface area contributed by atoms with Gasteiger partial charge in [0, 0.05) is 33.2 Å². The maximum atomic E-state index is 11.9. The van der Waals surface area contributed by atoms with Crippen molar-refractivity contribution in [1.82, 2.24) is 15.1 Å². The van der Waals surface area contributed by atoms with Crippen molar-refractivity contribution in [2.45, 2.75) is 52.6 Å². The van der Waals surface area contributed by atoms with Crippen LogP contribution in [0.5, 0.6) is 0 Å². The van der Waals surface area contributed by atoms with Crippen molar-refractivity contribution in [2.75, 3.05) is 39.8 Å². The van der Waals surface area contributed by atoms with Gasteiger partial charge in [-0.3, -0.25) is 14.7 Å². The number of carbonyl (C=O) groups excluding carboxylic acids is 1. The van der Waals surface area contributed by atoms with Gasteiger partial charge in [-0.25, -0.2) is 0 Å². The molecule has 0 aliphatic carbocycles. The largest absolute Gasteiger partial charge is 0.466 e. The number of likely N-dealkylation sites (tertiary alicyclic amines) is 2. The van der Waals surface area contributed by atoms with Gasteiger partial charge in [0.1, 0.15) is 0 Å². The van der Waals surface area contributed by atoms with E-state index < -0.39 is 0 Å². The number of nitrogens with zero attached hydrogens (tertiary/aromatic N) is 3. The van der Waals surface area contributed by atoms with Crippen LogP contribution < -0.4 is 5.32 Å². The predicted molar refractivity (Wildman–Crippen MR) is 137 cm³/mol.